The van der Waals surface area contributed by atoms with Crippen molar-refractivity contribution in [2.24, 2.45) is 7.05 Å². The van der Waals surface area contributed by atoms with E-state index in [0.717, 1.165) is 4.68 Å². The van der Waals surface area contributed by atoms with Crippen molar-refractivity contribution in [1.29, 1.82) is 0 Å². The Morgan fingerprint density at radius 3 is 2.50 bits per heavy atom. The van der Waals surface area contributed by atoms with Gasteiger partial charge in [-0.05, 0) is 22.9 Å². The maximum atomic E-state index is 12.5. The second-order valence-electron chi connectivity index (χ2n) is 2.99. The Hall–Kier alpha value is -1.05. The van der Waals surface area contributed by atoms with Gasteiger partial charge >= 0.3 is 6.18 Å². The zero-order valence-corrected chi connectivity index (χ0v) is 10.1. The number of nitrogens with one attached hydrogen (secondary N) is 1. The van der Waals surface area contributed by atoms with Crippen LogP contribution in [0.5, 0.6) is 0 Å². The van der Waals surface area contributed by atoms with E-state index in [4.69, 9.17) is 0 Å². The summed E-state index contributed by atoms with van der Waals surface area (Å²) in [6.45, 7) is 2.00. The molecule has 0 aliphatic carbocycles. The molecule has 0 saturated carbocycles. The lowest BCUT2D eigenvalue weighted by Gasteiger charge is -2.03. The van der Waals surface area contributed by atoms with Crippen LogP contribution in [0, 0.1) is 0 Å². The number of halogens is 4. The van der Waals surface area contributed by atoms with Gasteiger partial charge in [0, 0.05) is 13.6 Å². The second kappa shape index (κ2) is 4.44. The summed E-state index contributed by atoms with van der Waals surface area (Å²) in [5.74, 6) is -0.597. The lowest BCUT2D eigenvalue weighted by atomic mass is 10.3. The number of carbonyl (C=O) groups excluding carboxylic acids is 1. The summed E-state index contributed by atoms with van der Waals surface area (Å²) < 4.78 is 37.9. The minimum atomic E-state index is -4.58. The first-order valence-corrected chi connectivity index (χ1v) is 5.16. The van der Waals surface area contributed by atoms with E-state index in [1.54, 1.807) is 6.92 Å². The molecule has 0 radical (unpaired) electrons. The highest BCUT2D eigenvalue weighted by atomic mass is 79.9. The number of aryl methyl sites for hydroxylation is 1. The summed E-state index contributed by atoms with van der Waals surface area (Å²) in [6, 6.07) is 0. The summed E-state index contributed by atoms with van der Waals surface area (Å²) in [5, 5.41) is 5.68. The third-order valence-corrected chi connectivity index (χ3v) is 2.56. The highest BCUT2D eigenvalue weighted by molar-refractivity contribution is 9.10. The average molecular weight is 300 g/mol. The number of hydrogen-bond donors (Lipinski definition) is 1. The second-order valence-corrected chi connectivity index (χ2v) is 3.79. The predicted octanol–water partition coefficient (Wildman–Crippen LogP) is 1.95. The lowest BCUT2D eigenvalue weighted by molar-refractivity contribution is -0.142. The molecular weight excluding hydrogens is 291 g/mol. The van der Waals surface area contributed by atoms with Crippen LogP contribution in [0.4, 0.5) is 13.2 Å². The van der Waals surface area contributed by atoms with Gasteiger partial charge in [0.25, 0.3) is 5.91 Å². The van der Waals surface area contributed by atoms with E-state index in [1.165, 1.54) is 7.05 Å². The van der Waals surface area contributed by atoms with Crippen LogP contribution in [0.1, 0.15) is 23.1 Å². The maximum absolute atomic E-state index is 12.5. The molecule has 1 amide bonds. The number of rotatable bonds is 2. The Morgan fingerprint density at radius 2 is 2.12 bits per heavy atom. The molecule has 8 heteroatoms. The third-order valence-electron chi connectivity index (χ3n) is 1.81. The minimum Gasteiger partial charge on any atom is -0.351 e. The summed E-state index contributed by atoms with van der Waals surface area (Å²) in [7, 11) is 1.28. The van der Waals surface area contributed by atoms with Gasteiger partial charge in [-0.3, -0.25) is 9.48 Å². The Bertz CT molecular complexity index is 413. The average Bonchev–Trinajstić information content (AvgIpc) is 2.41. The van der Waals surface area contributed by atoms with Crippen LogP contribution in [0.2, 0.25) is 0 Å². The Balaban J connectivity index is 3.23. The van der Waals surface area contributed by atoms with E-state index in [0.29, 0.717) is 6.54 Å². The first-order valence-electron chi connectivity index (χ1n) is 4.37. The van der Waals surface area contributed by atoms with Crippen molar-refractivity contribution in [3.63, 3.8) is 0 Å². The van der Waals surface area contributed by atoms with Crippen molar-refractivity contribution in [3.8, 4) is 0 Å². The van der Waals surface area contributed by atoms with Crippen LogP contribution < -0.4 is 5.32 Å². The summed E-state index contributed by atoms with van der Waals surface area (Å²) >= 11 is 2.74. The third kappa shape index (κ3) is 2.37. The van der Waals surface area contributed by atoms with E-state index in [9.17, 15) is 18.0 Å². The monoisotopic (exact) mass is 299 g/mol. The van der Waals surface area contributed by atoms with E-state index in [-0.39, 0.29) is 10.2 Å². The van der Waals surface area contributed by atoms with E-state index in [1.807, 2.05) is 0 Å². The van der Waals surface area contributed by atoms with Crippen LogP contribution in [0.3, 0.4) is 0 Å². The van der Waals surface area contributed by atoms with Gasteiger partial charge in [0.05, 0.1) is 4.47 Å². The zero-order chi connectivity index (χ0) is 12.5. The van der Waals surface area contributed by atoms with Gasteiger partial charge in [0.1, 0.15) is 5.69 Å². The molecule has 0 aliphatic heterocycles. The number of amides is 1. The number of carbonyl (C=O) groups is 1. The molecule has 0 bridgehead atoms. The van der Waals surface area contributed by atoms with E-state index in [2.05, 4.69) is 26.3 Å². The SMILES string of the molecule is CCNC(=O)c1c(Br)c(C(F)(F)F)nn1C. The van der Waals surface area contributed by atoms with E-state index < -0.39 is 17.8 Å². The van der Waals surface area contributed by atoms with E-state index >= 15 is 0 Å². The predicted molar refractivity (Wildman–Crippen MR) is 53.9 cm³/mol. The Morgan fingerprint density at radius 1 is 1.56 bits per heavy atom. The van der Waals surface area contributed by atoms with Crippen molar-refractivity contribution in [1.82, 2.24) is 15.1 Å². The molecule has 1 rings (SSSR count). The minimum absolute atomic E-state index is 0.144. The Labute approximate surface area is 97.9 Å². The van der Waals surface area contributed by atoms with Gasteiger partial charge in [-0.15, -0.1) is 0 Å². The van der Waals surface area contributed by atoms with Crippen molar-refractivity contribution in [3.05, 3.63) is 15.9 Å². The lowest BCUT2D eigenvalue weighted by Crippen LogP contribution is -2.25. The summed E-state index contributed by atoms with van der Waals surface area (Å²) in [4.78, 5) is 11.5. The maximum Gasteiger partial charge on any atom is 0.436 e. The number of hydrogen-bond acceptors (Lipinski definition) is 2. The fraction of sp³-hybridized carbons (Fsp3) is 0.500. The van der Waals surface area contributed by atoms with Crippen LogP contribution in [0.15, 0.2) is 4.47 Å². The van der Waals surface area contributed by atoms with Crippen molar-refractivity contribution >= 4 is 21.8 Å². The quantitative estimate of drug-likeness (QED) is 0.907. The molecule has 0 unspecified atom stereocenters. The van der Waals surface area contributed by atoms with Crippen LogP contribution in [0.25, 0.3) is 0 Å². The molecular formula is C8H9BrF3N3O. The van der Waals surface area contributed by atoms with Crippen molar-refractivity contribution in [2.45, 2.75) is 13.1 Å². The summed E-state index contributed by atoms with van der Waals surface area (Å²) in [5.41, 5.74) is -1.24. The molecule has 0 saturated heterocycles. The Kier molecular flexibility index (Phi) is 3.61. The molecule has 1 N–H and O–H groups in total. The molecule has 0 fully saturated rings. The highest BCUT2D eigenvalue weighted by Gasteiger charge is 2.39. The fourth-order valence-corrected chi connectivity index (χ4v) is 1.91. The molecule has 4 nitrogen and oxygen atoms in total. The van der Waals surface area contributed by atoms with Gasteiger partial charge < -0.3 is 5.32 Å². The normalized spacial score (nSPS) is 11.6. The van der Waals surface area contributed by atoms with Crippen LogP contribution in [-0.2, 0) is 13.2 Å². The van der Waals surface area contributed by atoms with Crippen LogP contribution in [-0.4, -0.2) is 22.2 Å². The van der Waals surface area contributed by atoms with Gasteiger partial charge in [-0.2, -0.15) is 18.3 Å². The van der Waals surface area contributed by atoms with Gasteiger partial charge in [0.2, 0.25) is 0 Å². The molecule has 1 aromatic rings. The van der Waals surface area contributed by atoms with Crippen LogP contribution >= 0.6 is 15.9 Å². The molecule has 0 aromatic carbocycles. The molecule has 16 heavy (non-hydrogen) atoms. The topological polar surface area (TPSA) is 46.9 Å². The smallest absolute Gasteiger partial charge is 0.351 e. The first-order chi connectivity index (χ1) is 7.29. The fourth-order valence-electron chi connectivity index (χ4n) is 1.17. The van der Waals surface area contributed by atoms with Gasteiger partial charge in [0.15, 0.2) is 5.69 Å². The first kappa shape index (κ1) is 13.0. The summed E-state index contributed by atoms with van der Waals surface area (Å²) in [6.07, 6.45) is -4.58. The molecule has 0 atom stereocenters. The molecule has 0 aliphatic rings. The number of alkyl halides is 3. The zero-order valence-electron chi connectivity index (χ0n) is 8.52. The van der Waals surface area contributed by atoms with Gasteiger partial charge in [-0.1, -0.05) is 0 Å². The standard InChI is InChI=1S/C8H9BrF3N3O/c1-3-13-7(16)5-4(9)6(8(10,11)12)14-15(5)2/h3H2,1-2H3,(H,13,16). The highest BCUT2D eigenvalue weighted by Crippen LogP contribution is 2.35. The molecule has 1 heterocycles. The number of aromatic nitrogens is 2. The number of nitrogens with zero attached hydrogens (tertiary/aromatic N) is 2. The molecule has 90 valence electrons. The van der Waals surface area contributed by atoms with Crippen molar-refractivity contribution < 1.29 is 18.0 Å². The van der Waals surface area contributed by atoms with Gasteiger partial charge in [-0.25, -0.2) is 0 Å². The molecule has 1 aromatic heterocycles. The van der Waals surface area contributed by atoms with Crippen molar-refractivity contribution in [2.75, 3.05) is 6.54 Å². The largest absolute Gasteiger partial charge is 0.436 e. The molecule has 0 spiro atoms.